The molecule has 3 N–H and O–H groups in total. The molecule has 5 heteroatoms. The number of amides is 2. The molecule has 0 aliphatic carbocycles. The van der Waals surface area contributed by atoms with Crippen LogP contribution in [0.4, 0.5) is 0 Å². The van der Waals surface area contributed by atoms with Gasteiger partial charge >= 0.3 is 0 Å². The monoisotopic (exact) mass is 242 g/mol. The molecule has 5 nitrogen and oxygen atoms in total. The highest BCUT2D eigenvalue weighted by Gasteiger charge is 2.15. The first-order valence-corrected chi connectivity index (χ1v) is 6.23. The first-order chi connectivity index (χ1) is 8.09. The molecular formula is C12H22N2O3. The van der Waals surface area contributed by atoms with Crippen LogP contribution in [0, 0.1) is 11.8 Å². The Kier molecular flexibility index (Phi) is 5.97. The fraction of sp³-hybridized carbons (Fsp3) is 0.833. The molecule has 0 unspecified atom stereocenters. The van der Waals surface area contributed by atoms with Crippen LogP contribution in [0.1, 0.15) is 32.6 Å². The van der Waals surface area contributed by atoms with Crippen molar-refractivity contribution in [2.24, 2.45) is 17.6 Å². The molecule has 0 saturated carbocycles. The van der Waals surface area contributed by atoms with Crippen LogP contribution in [0.15, 0.2) is 0 Å². The van der Waals surface area contributed by atoms with Crippen molar-refractivity contribution in [1.82, 2.24) is 5.32 Å². The number of carbonyl (C=O) groups is 2. The van der Waals surface area contributed by atoms with Gasteiger partial charge in [-0.2, -0.15) is 0 Å². The van der Waals surface area contributed by atoms with Crippen LogP contribution in [0.5, 0.6) is 0 Å². The zero-order chi connectivity index (χ0) is 12.7. The zero-order valence-corrected chi connectivity index (χ0v) is 10.4. The summed E-state index contributed by atoms with van der Waals surface area (Å²) in [6, 6.07) is 0. The smallest absolute Gasteiger partial charge is 0.220 e. The molecule has 0 radical (unpaired) electrons. The fourth-order valence-electron chi connectivity index (χ4n) is 1.79. The lowest BCUT2D eigenvalue weighted by Gasteiger charge is -2.22. The van der Waals surface area contributed by atoms with Gasteiger partial charge in [-0.15, -0.1) is 0 Å². The molecule has 1 atom stereocenters. The highest BCUT2D eigenvalue weighted by atomic mass is 16.5. The summed E-state index contributed by atoms with van der Waals surface area (Å²) in [6.07, 6.45) is 2.91. The largest absolute Gasteiger partial charge is 0.381 e. The number of rotatable bonds is 6. The van der Waals surface area contributed by atoms with Gasteiger partial charge in [0.2, 0.25) is 11.8 Å². The number of primary amides is 1. The third-order valence-electron chi connectivity index (χ3n) is 3.22. The molecule has 0 aromatic heterocycles. The number of hydrogen-bond donors (Lipinski definition) is 2. The van der Waals surface area contributed by atoms with Crippen LogP contribution < -0.4 is 11.1 Å². The Morgan fingerprint density at radius 3 is 2.65 bits per heavy atom. The van der Waals surface area contributed by atoms with E-state index in [1.54, 1.807) is 6.92 Å². The van der Waals surface area contributed by atoms with Gasteiger partial charge in [-0.3, -0.25) is 9.59 Å². The molecule has 0 aromatic rings. The van der Waals surface area contributed by atoms with Crippen molar-refractivity contribution in [1.29, 1.82) is 0 Å². The fourth-order valence-corrected chi connectivity index (χ4v) is 1.79. The van der Waals surface area contributed by atoms with Gasteiger partial charge in [0.05, 0.1) is 0 Å². The summed E-state index contributed by atoms with van der Waals surface area (Å²) in [7, 11) is 0. The van der Waals surface area contributed by atoms with E-state index in [9.17, 15) is 9.59 Å². The van der Waals surface area contributed by atoms with Gasteiger partial charge in [0.15, 0.2) is 0 Å². The summed E-state index contributed by atoms with van der Waals surface area (Å²) in [5.74, 6) is -0.0445. The van der Waals surface area contributed by atoms with Crippen molar-refractivity contribution in [3.63, 3.8) is 0 Å². The second-order valence-corrected chi connectivity index (χ2v) is 4.70. The van der Waals surface area contributed by atoms with Crippen molar-refractivity contribution in [3.05, 3.63) is 0 Å². The number of nitrogens with two attached hydrogens (primary N) is 1. The first-order valence-electron chi connectivity index (χ1n) is 6.23. The van der Waals surface area contributed by atoms with E-state index >= 15 is 0 Å². The summed E-state index contributed by atoms with van der Waals surface area (Å²) in [5, 5.41) is 2.90. The van der Waals surface area contributed by atoms with Gasteiger partial charge in [0, 0.05) is 32.1 Å². The quantitative estimate of drug-likeness (QED) is 0.708. The van der Waals surface area contributed by atoms with Crippen molar-refractivity contribution >= 4 is 11.8 Å². The number of nitrogens with one attached hydrogen (secondary N) is 1. The second-order valence-electron chi connectivity index (χ2n) is 4.70. The van der Waals surface area contributed by atoms with E-state index in [4.69, 9.17) is 10.5 Å². The summed E-state index contributed by atoms with van der Waals surface area (Å²) >= 11 is 0. The molecule has 0 bridgehead atoms. The standard InChI is InChI=1S/C12H22N2O3/c1-9(12(13)16)2-3-11(15)14-8-10-4-6-17-7-5-10/h9-10H,2-8H2,1H3,(H2,13,16)(H,14,15)/t9-/m0/s1. The van der Waals surface area contributed by atoms with Crippen LogP contribution in [0.2, 0.25) is 0 Å². The van der Waals surface area contributed by atoms with E-state index in [1.807, 2.05) is 0 Å². The predicted molar refractivity (Wildman–Crippen MR) is 64.1 cm³/mol. The number of ether oxygens (including phenoxy) is 1. The molecule has 1 fully saturated rings. The highest BCUT2D eigenvalue weighted by molar-refractivity contribution is 5.79. The Labute approximate surface area is 102 Å². The average Bonchev–Trinajstić information content (AvgIpc) is 2.34. The molecule has 1 aliphatic rings. The number of hydrogen-bond acceptors (Lipinski definition) is 3. The van der Waals surface area contributed by atoms with Crippen molar-refractivity contribution < 1.29 is 14.3 Å². The molecule has 98 valence electrons. The van der Waals surface area contributed by atoms with E-state index in [2.05, 4.69) is 5.32 Å². The molecule has 0 spiro atoms. The summed E-state index contributed by atoms with van der Waals surface area (Å²) in [6.45, 7) is 4.04. The molecule has 2 amide bonds. The van der Waals surface area contributed by atoms with Crippen LogP contribution in [0.25, 0.3) is 0 Å². The van der Waals surface area contributed by atoms with E-state index in [-0.39, 0.29) is 17.7 Å². The van der Waals surface area contributed by atoms with Crippen LogP contribution in [0.3, 0.4) is 0 Å². The molecule has 1 heterocycles. The lowest BCUT2D eigenvalue weighted by atomic mass is 10.00. The van der Waals surface area contributed by atoms with Crippen LogP contribution in [-0.2, 0) is 14.3 Å². The van der Waals surface area contributed by atoms with E-state index < -0.39 is 0 Å². The third kappa shape index (κ3) is 5.68. The highest BCUT2D eigenvalue weighted by Crippen LogP contribution is 2.13. The van der Waals surface area contributed by atoms with Crippen molar-refractivity contribution in [3.8, 4) is 0 Å². The van der Waals surface area contributed by atoms with E-state index in [0.29, 0.717) is 25.3 Å². The average molecular weight is 242 g/mol. The zero-order valence-electron chi connectivity index (χ0n) is 10.4. The Balaban J connectivity index is 2.10. The molecule has 1 rings (SSSR count). The Morgan fingerprint density at radius 1 is 1.41 bits per heavy atom. The van der Waals surface area contributed by atoms with Gasteiger partial charge < -0.3 is 15.8 Å². The van der Waals surface area contributed by atoms with E-state index in [0.717, 1.165) is 26.1 Å². The third-order valence-corrected chi connectivity index (χ3v) is 3.22. The van der Waals surface area contributed by atoms with Crippen molar-refractivity contribution in [2.75, 3.05) is 19.8 Å². The van der Waals surface area contributed by atoms with Crippen LogP contribution >= 0.6 is 0 Å². The lowest BCUT2D eigenvalue weighted by molar-refractivity contribution is -0.123. The molecule has 17 heavy (non-hydrogen) atoms. The Bertz CT molecular complexity index is 262. The van der Waals surface area contributed by atoms with Gasteiger partial charge in [-0.05, 0) is 25.2 Å². The Hall–Kier alpha value is -1.10. The van der Waals surface area contributed by atoms with E-state index in [1.165, 1.54) is 0 Å². The van der Waals surface area contributed by atoms with Gasteiger partial charge in [-0.1, -0.05) is 6.92 Å². The minimum atomic E-state index is -0.345. The summed E-state index contributed by atoms with van der Waals surface area (Å²) < 4.78 is 5.25. The minimum Gasteiger partial charge on any atom is -0.381 e. The summed E-state index contributed by atoms with van der Waals surface area (Å²) in [4.78, 5) is 22.3. The van der Waals surface area contributed by atoms with Crippen LogP contribution in [-0.4, -0.2) is 31.6 Å². The maximum absolute atomic E-state index is 11.5. The maximum Gasteiger partial charge on any atom is 0.220 e. The van der Waals surface area contributed by atoms with Gasteiger partial charge in [-0.25, -0.2) is 0 Å². The molecule has 0 aromatic carbocycles. The van der Waals surface area contributed by atoms with Gasteiger partial charge in [0.1, 0.15) is 0 Å². The summed E-state index contributed by atoms with van der Waals surface area (Å²) in [5.41, 5.74) is 5.13. The van der Waals surface area contributed by atoms with Crippen molar-refractivity contribution in [2.45, 2.75) is 32.6 Å². The second kappa shape index (κ2) is 7.27. The Morgan fingerprint density at radius 2 is 2.06 bits per heavy atom. The molecule has 1 aliphatic heterocycles. The molecular weight excluding hydrogens is 220 g/mol. The van der Waals surface area contributed by atoms with Gasteiger partial charge in [0.25, 0.3) is 0 Å². The first kappa shape index (κ1) is 14.0. The lowest BCUT2D eigenvalue weighted by Crippen LogP contribution is -2.32. The topological polar surface area (TPSA) is 81.4 Å². The normalized spacial score (nSPS) is 18.6. The predicted octanol–water partition coefficient (Wildman–Crippen LogP) is 0.431. The minimum absolute atomic E-state index is 0.00425. The SMILES string of the molecule is C[C@@H](CCC(=O)NCC1CCOCC1)C(N)=O. The number of carbonyl (C=O) groups excluding carboxylic acids is 2. The maximum atomic E-state index is 11.5. The molecule has 1 saturated heterocycles.